The van der Waals surface area contributed by atoms with Crippen LogP contribution >= 0.6 is 22.6 Å². The molecule has 1 rings (SSSR count). The number of nitriles is 1. The van der Waals surface area contributed by atoms with E-state index in [4.69, 9.17) is 10.4 Å². The molecule has 0 heterocycles. The number of benzene rings is 1. The van der Waals surface area contributed by atoms with Gasteiger partial charge in [-0.25, -0.2) is 0 Å². The molecule has 66 valence electrons. The zero-order valence-electron chi connectivity index (χ0n) is 6.62. The monoisotopic (exact) mass is 287 g/mol. The lowest BCUT2D eigenvalue weighted by atomic mass is 10.1. The van der Waals surface area contributed by atoms with Gasteiger partial charge in [0.2, 0.25) is 0 Å². The van der Waals surface area contributed by atoms with Crippen molar-refractivity contribution in [2.75, 3.05) is 0 Å². The third kappa shape index (κ3) is 2.70. The van der Waals surface area contributed by atoms with E-state index in [0.29, 0.717) is 11.1 Å². The summed E-state index contributed by atoms with van der Waals surface area (Å²) in [4.78, 5) is 10.4. The summed E-state index contributed by atoms with van der Waals surface area (Å²) < 4.78 is 0.938. The Balaban J connectivity index is 3.10. The number of rotatable bonds is 2. The van der Waals surface area contributed by atoms with Crippen LogP contribution in [-0.2, 0) is 11.2 Å². The van der Waals surface area contributed by atoms with Crippen molar-refractivity contribution in [3.63, 3.8) is 0 Å². The number of hydrogen-bond donors (Lipinski definition) is 1. The molecule has 0 aliphatic carbocycles. The molecule has 0 unspecified atom stereocenters. The molecule has 0 spiro atoms. The van der Waals surface area contributed by atoms with Crippen LogP contribution in [0, 0.1) is 14.9 Å². The summed E-state index contributed by atoms with van der Waals surface area (Å²) in [5.74, 6) is -0.918. The van der Waals surface area contributed by atoms with Gasteiger partial charge in [-0.05, 0) is 46.4 Å². The van der Waals surface area contributed by atoms with Gasteiger partial charge < -0.3 is 5.11 Å². The molecule has 13 heavy (non-hydrogen) atoms. The molecule has 4 heteroatoms. The quantitative estimate of drug-likeness (QED) is 0.843. The molecule has 0 bridgehead atoms. The maximum atomic E-state index is 10.4. The molecule has 0 aromatic heterocycles. The third-order valence-corrected chi connectivity index (χ3v) is 2.20. The Kier molecular flexibility index (Phi) is 3.25. The Hall–Kier alpha value is -1.09. The zero-order valence-corrected chi connectivity index (χ0v) is 8.78. The summed E-state index contributed by atoms with van der Waals surface area (Å²) in [6.45, 7) is 0. The summed E-state index contributed by atoms with van der Waals surface area (Å²) in [5, 5.41) is 17.2. The van der Waals surface area contributed by atoms with Gasteiger partial charge in [0.1, 0.15) is 0 Å². The highest BCUT2D eigenvalue weighted by molar-refractivity contribution is 14.1. The first-order valence-corrected chi connectivity index (χ1v) is 4.61. The van der Waals surface area contributed by atoms with Crippen LogP contribution < -0.4 is 0 Å². The number of halogens is 1. The van der Waals surface area contributed by atoms with Gasteiger partial charge in [0.25, 0.3) is 0 Å². The van der Waals surface area contributed by atoms with Gasteiger partial charge in [0.15, 0.2) is 0 Å². The van der Waals surface area contributed by atoms with Gasteiger partial charge in [0.05, 0.1) is 18.1 Å². The number of carboxylic acids is 1. The van der Waals surface area contributed by atoms with Crippen molar-refractivity contribution < 1.29 is 9.90 Å². The van der Waals surface area contributed by atoms with Crippen molar-refractivity contribution in [3.05, 3.63) is 32.9 Å². The first kappa shape index (κ1) is 9.99. The van der Waals surface area contributed by atoms with Crippen LogP contribution in [-0.4, -0.2) is 11.1 Å². The summed E-state index contributed by atoms with van der Waals surface area (Å²) in [6, 6.07) is 7.10. The van der Waals surface area contributed by atoms with Crippen LogP contribution in [0.25, 0.3) is 0 Å². The van der Waals surface area contributed by atoms with Crippen molar-refractivity contribution in [1.29, 1.82) is 5.26 Å². The second-order valence-corrected chi connectivity index (χ2v) is 3.73. The van der Waals surface area contributed by atoms with E-state index in [-0.39, 0.29) is 6.42 Å². The van der Waals surface area contributed by atoms with Crippen molar-refractivity contribution in [2.45, 2.75) is 6.42 Å². The van der Waals surface area contributed by atoms with Crippen LogP contribution in [0.2, 0.25) is 0 Å². The minimum Gasteiger partial charge on any atom is -0.481 e. The SMILES string of the molecule is N#Cc1ccc(I)cc1CC(=O)O. The Bertz CT molecular complexity index is 382. The number of hydrogen-bond acceptors (Lipinski definition) is 2. The van der Waals surface area contributed by atoms with E-state index in [9.17, 15) is 4.79 Å². The highest BCUT2D eigenvalue weighted by Crippen LogP contribution is 2.13. The second kappa shape index (κ2) is 4.23. The van der Waals surface area contributed by atoms with Crippen molar-refractivity contribution in [3.8, 4) is 6.07 Å². The van der Waals surface area contributed by atoms with Crippen LogP contribution in [0.1, 0.15) is 11.1 Å². The molecule has 0 saturated heterocycles. The number of aliphatic carboxylic acids is 1. The standard InChI is InChI=1S/C9H6INO2/c10-8-2-1-6(5-11)7(3-8)4-9(12)13/h1-3H,4H2,(H,12,13). The van der Waals surface area contributed by atoms with Crippen molar-refractivity contribution in [2.24, 2.45) is 0 Å². The summed E-state index contributed by atoms with van der Waals surface area (Å²) in [5.41, 5.74) is 1.00. The van der Waals surface area contributed by atoms with Gasteiger partial charge in [-0.2, -0.15) is 5.26 Å². The van der Waals surface area contributed by atoms with E-state index in [1.54, 1.807) is 18.2 Å². The Morgan fingerprint density at radius 2 is 2.31 bits per heavy atom. The first-order chi connectivity index (χ1) is 6.13. The number of nitrogens with zero attached hydrogens (tertiary/aromatic N) is 1. The van der Waals surface area contributed by atoms with Gasteiger partial charge in [-0.1, -0.05) is 0 Å². The highest BCUT2D eigenvalue weighted by Gasteiger charge is 2.06. The predicted molar refractivity (Wildman–Crippen MR) is 55.2 cm³/mol. The minimum atomic E-state index is -0.918. The Labute approximate surface area is 89.1 Å². The molecule has 3 nitrogen and oxygen atoms in total. The van der Waals surface area contributed by atoms with E-state index in [1.165, 1.54) is 0 Å². The molecule has 0 atom stereocenters. The average Bonchev–Trinajstić information content (AvgIpc) is 2.03. The largest absolute Gasteiger partial charge is 0.481 e. The maximum Gasteiger partial charge on any atom is 0.307 e. The molecule has 1 aromatic rings. The molecular formula is C9H6INO2. The van der Waals surface area contributed by atoms with Gasteiger partial charge >= 0.3 is 5.97 Å². The molecule has 0 fully saturated rings. The molecule has 1 N–H and O–H groups in total. The molecular weight excluding hydrogens is 281 g/mol. The zero-order chi connectivity index (χ0) is 9.84. The van der Waals surface area contributed by atoms with E-state index >= 15 is 0 Å². The van der Waals surface area contributed by atoms with Gasteiger partial charge in [0, 0.05) is 3.57 Å². The van der Waals surface area contributed by atoms with E-state index in [2.05, 4.69) is 22.6 Å². The fourth-order valence-electron chi connectivity index (χ4n) is 0.981. The highest BCUT2D eigenvalue weighted by atomic mass is 127. The van der Waals surface area contributed by atoms with Crippen LogP contribution in [0.4, 0.5) is 0 Å². The predicted octanol–water partition coefficient (Wildman–Crippen LogP) is 1.79. The smallest absolute Gasteiger partial charge is 0.307 e. The fraction of sp³-hybridized carbons (Fsp3) is 0.111. The lowest BCUT2D eigenvalue weighted by molar-refractivity contribution is -0.136. The molecule has 0 radical (unpaired) electrons. The molecule has 0 aliphatic heterocycles. The lowest BCUT2D eigenvalue weighted by Crippen LogP contribution is -2.02. The fourth-order valence-corrected chi connectivity index (χ4v) is 1.54. The summed E-state index contributed by atoms with van der Waals surface area (Å²) in [7, 11) is 0. The average molecular weight is 287 g/mol. The van der Waals surface area contributed by atoms with Gasteiger partial charge in [-0.3, -0.25) is 4.79 Å². The number of carboxylic acid groups (broad SMARTS) is 1. The summed E-state index contributed by atoms with van der Waals surface area (Å²) in [6.07, 6.45) is -0.0975. The topological polar surface area (TPSA) is 61.1 Å². The Morgan fingerprint density at radius 1 is 1.62 bits per heavy atom. The van der Waals surface area contributed by atoms with E-state index in [0.717, 1.165) is 3.57 Å². The first-order valence-electron chi connectivity index (χ1n) is 3.54. The number of carbonyl (C=O) groups is 1. The van der Waals surface area contributed by atoms with Crippen LogP contribution in [0.3, 0.4) is 0 Å². The third-order valence-electron chi connectivity index (χ3n) is 1.53. The molecule has 0 aliphatic rings. The molecule has 0 amide bonds. The summed E-state index contributed by atoms with van der Waals surface area (Å²) >= 11 is 2.08. The van der Waals surface area contributed by atoms with Crippen LogP contribution in [0.5, 0.6) is 0 Å². The van der Waals surface area contributed by atoms with Crippen LogP contribution in [0.15, 0.2) is 18.2 Å². The van der Waals surface area contributed by atoms with E-state index in [1.807, 2.05) is 6.07 Å². The maximum absolute atomic E-state index is 10.4. The van der Waals surface area contributed by atoms with Crippen molar-refractivity contribution in [1.82, 2.24) is 0 Å². The molecule has 1 aromatic carbocycles. The normalized spacial score (nSPS) is 9.23. The van der Waals surface area contributed by atoms with Crippen molar-refractivity contribution >= 4 is 28.6 Å². The Morgan fingerprint density at radius 3 is 2.85 bits per heavy atom. The molecule has 0 saturated carbocycles. The van der Waals surface area contributed by atoms with E-state index < -0.39 is 5.97 Å². The second-order valence-electron chi connectivity index (χ2n) is 2.48. The minimum absolute atomic E-state index is 0.0975. The van der Waals surface area contributed by atoms with Gasteiger partial charge in [-0.15, -0.1) is 0 Å². The lowest BCUT2D eigenvalue weighted by Gasteiger charge is -2.00.